The van der Waals surface area contributed by atoms with Crippen molar-refractivity contribution in [1.82, 2.24) is 10.0 Å². The molecule has 0 spiro atoms. The molecule has 0 aromatic heterocycles. The second kappa shape index (κ2) is 7.17. The third kappa shape index (κ3) is 8.39. The average Bonchev–Trinajstić information content (AvgIpc) is 2.15. The van der Waals surface area contributed by atoms with Crippen LogP contribution in [0.4, 0.5) is 13.2 Å². The Labute approximate surface area is 100 Å². The first kappa shape index (κ1) is 16.7. The number of nitrogens with one attached hydrogen (secondary N) is 2. The molecule has 0 saturated carbocycles. The van der Waals surface area contributed by atoms with E-state index in [0.29, 0.717) is 6.54 Å². The van der Waals surface area contributed by atoms with E-state index < -0.39 is 34.4 Å². The van der Waals surface area contributed by atoms with Crippen molar-refractivity contribution in [1.29, 1.82) is 0 Å². The first-order valence-corrected chi connectivity index (χ1v) is 6.99. The normalized spacial score (nSPS) is 14.9. The van der Waals surface area contributed by atoms with Crippen LogP contribution in [0, 0.1) is 0 Å². The molecule has 1 atom stereocenters. The molecule has 2 N–H and O–H groups in total. The molecule has 0 aromatic carbocycles. The van der Waals surface area contributed by atoms with Crippen molar-refractivity contribution in [3.8, 4) is 0 Å². The molecule has 0 aromatic rings. The van der Waals surface area contributed by atoms with Crippen LogP contribution in [0.2, 0.25) is 0 Å². The van der Waals surface area contributed by atoms with E-state index in [-0.39, 0.29) is 6.54 Å². The van der Waals surface area contributed by atoms with Crippen molar-refractivity contribution in [2.75, 3.05) is 19.6 Å². The van der Waals surface area contributed by atoms with Crippen LogP contribution >= 0.6 is 0 Å². The molecule has 0 aliphatic rings. The van der Waals surface area contributed by atoms with Gasteiger partial charge in [0.15, 0.2) is 0 Å². The SMILES string of the molecule is CCCNCC(C)S(=O)(=O)NCCC(F)(F)F. The average molecular weight is 276 g/mol. The number of hydrogen-bond donors (Lipinski definition) is 2. The first-order chi connectivity index (χ1) is 7.69. The lowest BCUT2D eigenvalue weighted by molar-refractivity contribution is -0.132. The lowest BCUT2D eigenvalue weighted by atomic mass is 10.4. The van der Waals surface area contributed by atoms with Gasteiger partial charge in [0.2, 0.25) is 10.0 Å². The Morgan fingerprint density at radius 2 is 1.82 bits per heavy atom. The second-order valence-corrected chi connectivity index (χ2v) is 6.00. The number of sulfonamides is 1. The molecule has 0 radical (unpaired) electrons. The quantitative estimate of drug-likeness (QED) is 0.656. The number of halogens is 3. The van der Waals surface area contributed by atoms with E-state index in [2.05, 4.69) is 5.32 Å². The molecule has 0 saturated heterocycles. The van der Waals surface area contributed by atoms with Crippen LogP contribution in [0.5, 0.6) is 0 Å². The molecular weight excluding hydrogens is 257 g/mol. The molecule has 0 aliphatic heterocycles. The van der Waals surface area contributed by atoms with E-state index in [1.54, 1.807) is 0 Å². The number of hydrogen-bond acceptors (Lipinski definition) is 3. The monoisotopic (exact) mass is 276 g/mol. The molecule has 0 amide bonds. The van der Waals surface area contributed by atoms with Gasteiger partial charge in [-0.3, -0.25) is 0 Å². The minimum absolute atomic E-state index is 0.231. The van der Waals surface area contributed by atoms with E-state index in [1.807, 2.05) is 11.6 Å². The summed E-state index contributed by atoms with van der Waals surface area (Å²) in [5.41, 5.74) is 0. The van der Waals surface area contributed by atoms with Gasteiger partial charge >= 0.3 is 6.18 Å². The Morgan fingerprint density at radius 3 is 2.29 bits per heavy atom. The van der Waals surface area contributed by atoms with Gasteiger partial charge in [-0.05, 0) is 19.9 Å². The summed E-state index contributed by atoms with van der Waals surface area (Å²) in [4.78, 5) is 0. The highest BCUT2D eigenvalue weighted by Crippen LogP contribution is 2.18. The van der Waals surface area contributed by atoms with Crippen molar-refractivity contribution in [2.24, 2.45) is 0 Å². The maximum Gasteiger partial charge on any atom is 0.390 e. The lowest BCUT2D eigenvalue weighted by Crippen LogP contribution is -2.40. The van der Waals surface area contributed by atoms with Crippen molar-refractivity contribution >= 4 is 10.0 Å². The van der Waals surface area contributed by atoms with Crippen LogP contribution in [0.15, 0.2) is 0 Å². The van der Waals surface area contributed by atoms with Crippen LogP contribution in [-0.2, 0) is 10.0 Å². The Hall–Kier alpha value is -0.340. The minimum Gasteiger partial charge on any atom is -0.315 e. The molecule has 4 nitrogen and oxygen atoms in total. The first-order valence-electron chi connectivity index (χ1n) is 5.45. The fourth-order valence-corrected chi connectivity index (χ4v) is 2.08. The number of alkyl halides is 3. The Bertz CT molecular complexity index is 304. The summed E-state index contributed by atoms with van der Waals surface area (Å²) in [7, 11) is -3.68. The molecule has 0 heterocycles. The zero-order valence-electron chi connectivity index (χ0n) is 9.97. The second-order valence-electron chi connectivity index (χ2n) is 3.82. The molecule has 0 fully saturated rings. The predicted molar refractivity (Wildman–Crippen MR) is 60.2 cm³/mol. The van der Waals surface area contributed by atoms with Crippen LogP contribution in [0.3, 0.4) is 0 Å². The van der Waals surface area contributed by atoms with Gasteiger partial charge in [0.1, 0.15) is 0 Å². The van der Waals surface area contributed by atoms with Crippen LogP contribution < -0.4 is 10.0 Å². The van der Waals surface area contributed by atoms with E-state index in [9.17, 15) is 21.6 Å². The zero-order chi connectivity index (χ0) is 13.5. The fraction of sp³-hybridized carbons (Fsp3) is 1.00. The van der Waals surface area contributed by atoms with Crippen molar-refractivity contribution < 1.29 is 21.6 Å². The van der Waals surface area contributed by atoms with Crippen molar-refractivity contribution in [3.63, 3.8) is 0 Å². The third-order valence-corrected chi connectivity index (χ3v) is 3.93. The van der Waals surface area contributed by atoms with E-state index in [1.165, 1.54) is 6.92 Å². The molecule has 17 heavy (non-hydrogen) atoms. The molecule has 0 aliphatic carbocycles. The van der Waals surface area contributed by atoms with Gasteiger partial charge in [0, 0.05) is 13.1 Å². The van der Waals surface area contributed by atoms with Crippen molar-refractivity contribution in [3.05, 3.63) is 0 Å². The van der Waals surface area contributed by atoms with Crippen LogP contribution in [0.25, 0.3) is 0 Å². The third-order valence-electron chi connectivity index (χ3n) is 2.10. The largest absolute Gasteiger partial charge is 0.390 e. The maximum absolute atomic E-state index is 11.8. The molecule has 104 valence electrons. The Morgan fingerprint density at radius 1 is 1.24 bits per heavy atom. The fourth-order valence-electron chi connectivity index (χ4n) is 1.07. The highest BCUT2D eigenvalue weighted by molar-refractivity contribution is 7.90. The Kier molecular flexibility index (Phi) is 7.03. The molecule has 0 rings (SSSR count). The lowest BCUT2D eigenvalue weighted by Gasteiger charge is -2.15. The van der Waals surface area contributed by atoms with Gasteiger partial charge in [-0.2, -0.15) is 13.2 Å². The topological polar surface area (TPSA) is 58.2 Å². The van der Waals surface area contributed by atoms with E-state index >= 15 is 0 Å². The molecular formula is C9H19F3N2O2S. The smallest absolute Gasteiger partial charge is 0.315 e. The zero-order valence-corrected chi connectivity index (χ0v) is 10.8. The minimum atomic E-state index is -4.34. The van der Waals surface area contributed by atoms with Gasteiger partial charge in [-0.15, -0.1) is 0 Å². The molecule has 0 bridgehead atoms. The Balaban J connectivity index is 4.01. The van der Waals surface area contributed by atoms with Crippen molar-refractivity contribution in [2.45, 2.75) is 38.1 Å². The summed E-state index contributed by atoms with van der Waals surface area (Å²) < 4.78 is 60.4. The summed E-state index contributed by atoms with van der Waals surface area (Å²) in [5.74, 6) is 0. The highest BCUT2D eigenvalue weighted by atomic mass is 32.2. The summed E-state index contributed by atoms with van der Waals surface area (Å²) in [5, 5.41) is 2.16. The standard InChI is InChI=1S/C9H19F3N2O2S/c1-3-5-13-7-8(2)17(15,16)14-6-4-9(10,11)12/h8,13-14H,3-7H2,1-2H3. The van der Waals surface area contributed by atoms with Gasteiger partial charge in [0.05, 0.1) is 11.7 Å². The predicted octanol–water partition coefficient (Wildman–Crippen LogP) is 1.25. The summed E-state index contributed by atoms with van der Waals surface area (Å²) in [6.07, 6.45) is -4.62. The summed E-state index contributed by atoms with van der Waals surface area (Å²) >= 11 is 0. The summed E-state index contributed by atoms with van der Waals surface area (Å²) in [6.45, 7) is 3.70. The van der Waals surface area contributed by atoms with Gasteiger partial charge in [-0.1, -0.05) is 6.92 Å². The van der Waals surface area contributed by atoms with Gasteiger partial charge in [0.25, 0.3) is 0 Å². The maximum atomic E-state index is 11.8. The number of rotatable bonds is 8. The van der Waals surface area contributed by atoms with Gasteiger partial charge in [-0.25, -0.2) is 13.1 Å². The van der Waals surface area contributed by atoms with Gasteiger partial charge < -0.3 is 5.32 Å². The van der Waals surface area contributed by atoms with Crippen LogP contribution in [0.1, 0.15) is 26.7 Å². The van der Waals surface area contributed by atoms with E-state index in [0.717, 1.165) is 6.42 Å². The summed E-state index contributed by atoms with van der Waals surface area (Å²) in [6, 6.07) is 0. The molecule has 8 heteroatoms. The molecule has 1 unspecified atom stereocenters. The highest BCUT2D eigenvalue weighted by Gasteiger charge is 2.28. The van der Waals surface area contributed by atoms with Crippen LogP contribution in [-0.4, -0.2) is 39.5 Å². The van der Waals surface area contributed by atoms with E-state index in [4.69, 9.17) is 0 Å².